The largest absolute Gasteiger partial charge is 0.462 e. The van der Waals surface area contributed by atoms with Crippen molar-refractivity contribution in [3.63, 3.8) is 0 Å². The predicted molar refractivity (Wildman–Crippen MR) is 75.3 cm³/mol. The fourth-order valence-electron chi connectivity index (χ4n) is 1.46. The summed E-state index contributed by atoms with van der Waals surface area (Å²) in [6.45, 7) is 1.99. The second-order valence-corrected chi connectivity index (χ2v) is 6.15. The molecule has 0 radical (unpaired) electrons. The Morgan fingerprint density at radius 1 is 1.56 bits per heavy atom. The van der Waals surface area contributed by atoms with E-state index in [2.05, 4.69) is 15.2 Å². The molecule has 1 unspecified atom stereocenters. The molecule has 1 atom stereocenters. The second-order valence-electron chi connectivity index (χ2n) is 3.40. The van der Waals surface area contributed by atoms with Crippen LogP contribution in [0.3, 0.4) is 0 Å². The third-order valence-electron chi connectivity index (χ3n) is 2.20. The summed E-state index contributed by atoms with van der Waals surface area (Å²) in [7, 11) is 0. The number of pyridine rings is 1. The Bertz CT molecular complexity index is 528. The summed E-state index contributed by atoms with van der Waals surface area (Å²) in [5, 5.41) is 7.82. The number of carbonyl (C=O) groups excluding carboxylic acids is 1. The number of ether oxygens (including phenoxy) is 1. The Hall–Kier alpha value is -1.02. The normalized spacial score (nSPS) is 22.4. The van der Waals surface area contributed by atoms with Crippen molar-refractivity contribution >= 4 is 45.9 Å². The van der Waals surface area contributed by atoms with Gasteiger partial charge in [0, 0.05) is 6.20 Å². The molecule has 1 aliphatic heterocycles. The number of carbonyl (C=O) groups is 1. The van der Waals surface area contributed by atoms with Gasteiger partial charge in [-0.1, -0.05) is 17.7 Å². The van der Waals surface area contributed by atoms with Crippen molar-refractivity contribution in [2.75, 3.05) is 6.61 Å². The summed E-state index contributed by atoms with van der Waals surface area (Å²) in [5.74, 6) is -0.521. The van der Waals surface area contributed by atoms with Crippen LogP contribution in [0.4, 0.5) is 0 Å². The standard InChI is InChI=1S/C11H9ClIN3O2/c1-2-18-10(17)8-9(15-16-11(8,12)13)7-5-3-4-6-14-7/h3-6H,2H2,1H3. The molecular weight excluding hydrogens is 368 g/mol. The molecule has 1 aromatic heterocycles. The molecule has 7 heteroatoms. The SMILES string of the molecule is CCOC(=O)C1=C(c2ccccn2)N=NC1(Cl)I. The number of esters is 1. The fourth-order valence-corrected chi connectivity index (χ4v) is 2.25. The van der Waals surface area contributed by atoms with Gasteiger partial charge < -0.3 is 4.74 Å². The number of rotatable bonds is 3. The van der Waals surface area contributed by atoms with Crippen LogP contribution in [0.25, 0.3) is 5.70 Å². The molecule has 0 aliphatic carbocycles. The Morgan fingerprint density at radius 2 is 2.33 bits per heavy atom. The van der Waals surface area contributed by atoms with Crippen molar-refractivity contribution in [1.82, 2.24) is 4.98 Å². The molecule has 2 heterocycles. The van der Waals surface area contributed by atoms with Crippen LogP contribution in [0.5, 0.6) is 0 Å². The van der Waals surface area contributed by atoms with Crippen LogP contribution < -0.4 is 0 Å². The molecular formula is C11H9ClIN3O2. The second kappa shape index (κ2) is 5.31. The van der Waals surface area contributed by atoms with Crippen molar-refractivity contribution < 1.29 is 9.53 Å². The zero-order chi connectivity index (χ0) is 13.2. The Balaban J connectivity index is 2.50. The van der Waals surface area contributed by atoms with E-state index in [4.69, 9.17) is 16.3 Å². The third kappa shape index (κ3) is 2.54. The van der Waals surface area contributed by atoms with Gasteiger partial charge >= 0.3 is 5.97 Å². The summed E-state index contributed by atoms with van der Waals surface area (Å²) in [4.78, 5) is 16.1. The number of hydrogen-bond acceptors (Lipinski definition) is 5. The maximum Gasteiger partial charge on any atom is 0.341 e. The van der Waals surface area contributed by atoms with E-state index < -0.39 is 8.97 Å². The minimum Gasteiger partial charge on any atom is -0.462 e. The van der Waals surface area contributed by atoms with Gasteiger partial charge in [0.1, 0.15) is 11.3 Å². The zero-order valence-corrected chi connectivity index (χ0v) is 12.3. The topological polar surface area (TPSA) is 63.9 Å². The molecule has 0 spiro atoms. The molecule has 0 saturated heterocycles. The van der Waals surface area contributed by atoms with E-state index in [1.807, 2.05) is 22.6 Å². The smallest absolute Gasteiger partial charge is 0.341 e. The Morgan fingerprint density at radius 3 is 2.94 bits per heavy atom. The number of hydrogen-bond donors (Lipinski definition) is 0. The summed E-state index contributed by atoms with van der Waals surface area (Å²) in [6.07, 6.45) is 1.61. The average Bonchev–Trinajstić information content (AvgIpc) is 2.66. The lowest BCUT2D eigenvalue weighted by Gasteiger charge is -2.12. The highest BCUT2D eigenvalue weighted by Crippen LogP contribution is 2.45. The van der Waals surface area contributed by atoms with Gasteiger partial charge in [-0.2, -0.15) is 0 Å². The molecule has 94 valence electrons. The van der Waals surface area contributed by atoms with E-state index in [0.29, 0.717) is 11.4 Å². The molecule has 1 aromatic rings. The van der Waals surface area contributed by atoms with Gasteiger partial charge in [-0.25, -0.2) is 4.79 Å². The number of alkyl halides is 2. The monoisotopic (exact) mass is 377 g/mol. The van der Waals surface area contributed by atoms with E-state index in [-0.39, 0.29) is 12.2 Å². The Kier molecular flexibility index (Phi) is 3.96. The van der Waals surface area contributed by atoms with Crippen molar-refractivity contribution in [3.05, 3.63) is 35.7 Å². The minimum absolute atomic E-state index is 0.213. The van der Waals surface area contributed by atoms with E-state index in [1.165, 1.54) is 0 Å². The first kappa shape index (κ1) is 13.4. The average molecular weight is 378 g/mol. The number of azo groups is 1. The predicted octanol–water partition coefficient (Wildman–Crippen LogP) is 3.15. The molecule has 0 fully saturated rings. The van der Waals surface area contributed by atoms with Crippen LogP contribution in [0, 0.1) is 0 Å². The molecule has 0 bridgehead atoms. The van der Waals surface area contributed by atoms with Gasteiger partial charge in [0.2, 0.25) is 3.00 Å². The minimum atomic E-state index is -1.23. The van der Waals surface area contributed by atoms with Crippen LogP contribution in [0.2, 0.25) is 0 Å². The van der Waals surface area contributed by atoms with Crippen LogP contribution in [0.15, 0.2) is 40.2 Å². The molecule has 2 rings (SSSR count). The summed E-state index contributed by atoms with van der Waals surface area (Å²) < 4.78 is 3.75. The zero-order valence-electron chi connectivity index (χ0n) is 9.43. The molecule has 0 N–H and O–H groups in total. The van der Waals surface area contributed by atoms with Gasteiger partial charge in [0.25, 0.3) is 0 Å². The van der Waals surface area contributed by atoms with E-state index >= 15 is 0 Å². The number of halogens is 2. The highest BCUT2D eigenvalue weighted by Gasteiger charge is 2.42. The molecule has 5 nitrogen and oxygen atoms in total. The van der Waals surface area contributed by atoms with Crippen molar-refractivity contribution in [1.29, 1.82) is 0 Å². The fraction of sp³-hybridized carbons (Fsp3) is 0.273. The van der Waals surface area contributed by atoms with Gasteiger partial charge in [0.05, 0.1) is 12.3 Å². The van der Waals surface area contributed by atoms with E-state index in [1.54, 1.807) is 31.3 Å². The highest BCUT2D eigenvalue weighted by atomic mass is 127. The molecule has 0 aromatic carbocycles. The highest BCUT2D eigenvalue weighted by molar-refractivity contribution is 14.1. The van der Waals surface area contributed by atoms with Crippen LogP contribution in [-0.2, 0) is 9.53 Å². The van der Waals surface area contributed by atoms with Crippen LogP contribution in [-0.4, -0.2) is 20.6 Å². The first-order valence-corrected chi connectivity index (χ1v) is 6.66. The maximum atomic E-state index is 11.9. The molecule has 1 aliphatic rings. The number of aromatic nitrogens is 1. The van der Waals surface area contributed by atoms with Gasteiger partial charge in [-0.15, -0.1) is 10.2 Å². The molecule has 0 saturated carbocycles. The van der Waals surface area contributed by atoms with Crippen molar-refractivity contribution in [2.45, 2.75) is 9.93 Å². The lowest BCUT2D eigenvalue weighted by molar-refractivity contribution is -0.138. The first-order valence-electron chi connectivity index (χ1n) is 5.20. The lowest BCUT2D eigenvalue weighted by Crippen LogP contribution is -2.20. The third-order valence-corrected chi connectivity index (χ3v) is 3.22. The first-order chi connectivity index (χ1) is 8.56. The summed E-state index contributed by atoms with van der Waals surface area (Å²) in [5.41, 5.74) is 1.12. The molecule has 18 heavy (non-hydrogen) atoms. The Labute approximate surface area is 122 Å². The van der Waals surface area contributed by atoms with E-state index in [0.717, 1.165) is 0 Å². The van der Waals surface area contributed by atoms with Crippen molar-refractivity contribution in [3.8, 4) is 0 Å². The number of nitrogens with zero attached hydrogens (tertiary/aromatic N) is 3. The van der Waals surface area contributed by atoms with Gasteiger partial charge in [-0.3, -0.25) is 4.98 Å². The van der Waals surface area contributed by atoms with Gasteiger partial charge in [-0.05, 0) is 41.6 Å². The van der Waals surface area contributed by atoms with E-state index in [9.17, 15) is 4.79 Å². The lowest BCUT2D eigenvalue weighted by atomic mass is 10.1. The van der Waals surface area contributed by atoms with Crippen LogP contribution >= 0.6 is 34.2 Å². The van der Waals surface area contributed by atoms with Crippen molar-refractivity contribution in [2.24, 2.45) is 10.2 Å². The maximum absolute atomic E-state index is 11.9. The molecule has 0 amide bonds. The van der Waals surface area contributed by atoms with Gasteiger partial charge in [0.15, 0.2) is 0 Å². The summed E-state index contributed by atoms with van der Waals surface area (Å²) >= 11 is 7.99. The van der Waals surface area contributed by atoms with Crippen LogP contribution in [0.1, 0.15) is 12.6 Å². The summed E-state index contributed by atoms with van der Waals surface area (Å²) in [6, 6.07) is 5.32. The quantitative estimate of drug-likeness (QED) is 0.352.